The van der Waals surface area contributed by atoms with Crippen LogP contribution in [0.25, 0.3) is 10.2 Å². The van der Waals surface area contributed by atoms with Crippen LogP contribution in [0, 0.1) is 5.92 Å². The maximum atomic E-state index is 12.8. The first-order valence-electron chi connectivity index (χ1n) is 9.65. The smallest absolute Gasteiger partial charge is 0.237 e. The van der Waals surface area contributed by atoms with Gasteiger partial charge >= 0.3 is 0 Å². The van der Waals surface area contributed by atoms with E-state index in [0.29, 0.717) is 12.5 Å². The molecule has 1 atom stereocenters. The standard InChI is InChI=1S/C20H26N4O2S/c1-14(19-21-16-5-3-4-6-17(16)27-19)22(2)18(25)13-23-9-11-24(12-10-23)20(26)15-7-8-15/h3-6,14-15H,7-13H2,1-2H3/t14-/m1/s1. The van der Waals surface area contributed by atoms with Crippen molar-refractivity contribution in [3.63, 3.8) is 0 Å². The van der Waals surface area contributed by atoms with Gasteiger partial charge in [0.1, 0.15) is 5.01 Å². The highest BCUT2D eigenvalue weighted by Gasteiger charge is 2.35. The van der Waals surface area contributed by atoms with E-state index in [4.69, 9.17) is 0 Å². The van der Waals surface area contributed by atoms with Gasteiger partial charge in [-0.25, -0.2) is 4.98 Å². The molecule has 6 nitrogen and oxygen atoms in total. The van der Waals surface area contributed by atoms with Crippen LogP contribution in [0.4, 0.5) is 0 Å². The van der Waals surface area contributed by atoms with Crippen LogP contribution in [0.2, 0.25) is 0 Å². The average Bonchev–Trinajstić information content (AvgIpc) is 3.45. The first-order chi connectivity index (χ1) is 13.0. The largest absolute Gasteiger partial charge is 0.340 e. The second-order valence-electron chi connectivity index (χ2n) is 7.58. The fraction of sp³-hybridized carbons (Fsp3) is 0.550. The maximum Gasteiger partial charge on any atom is 0.237 e. The second-order valence-corrected chi connectivity index (χ2v) is 8.64. The fourth-order valence-electron chi connectivity index (χ4n) is 3.47. The first kappa shape index (κ1) is 18.4. The molecule has 0 unspecified atom stereocenters. The summed E-state index contributed by atoms with van der Waals surface area (Å²) >= 11 is 1.65. The van der Waals surface area contributed by atoms with Crippen molar-refractivity contribution in [2.24, 2.45) is 5.92 Å². The van der Waals surface area contributed by atoms with E-state index in [0.717, 1.165) is 54.2 Å². The Hall–Kier alpha value is -1.99. The molecule has 7 heteroatoms. The summed E-state index contributed by atoms with van der Waals surface area (Å²) < 4.78 is 1.15. The van der Waals surface area contributed by atoms with E-state index in [1.807, 2.05) is 37.1 Å². The Morgan fingerprint density at radius 1 is 1.22 bits per heavy atom. The Balaban J connectivity index is 1.31. The molecule has 1 aromatic heterocycles. The third-order valence-electron chi connectivity index (χ3n) is 5.61. The van der Waals surface area contributed by atoms with E-state index in [-0.39, 0.29) is 17.9 Å². The Morgan fingerprint density at radius 3 is 2.59 bits per heavy atom. The van der Waals surface area contributed by atoms with Gasteiger partial charge in [-0.2, -0.15) is 0 Å². The quantitative estimate of drug-likeness (QED) is 0.792. The molecule has 1 saturated heterocycles. The number of likely N-dealkylation sites (N-methyl/N-ethyl adjacent to an activating group) is 1. The molecule has 0 radical (unpaired) electrons. The number of rotatable bonds is 5. The van der Waals surface area contributed by atoms with E-state index in [1.165, 1.54) is 0 Å². The number of carbonyl (C=O) groups is 2. The Labute approximate surface area is 163 Å². The van der Waals surface area contributed by atoms with Crippen LogP contribution in [-0.4, -0.2) is 71.3 Å². The summed E-state index contributed by atoms with van der Waals surface area (Å²) in [5.41, 5.74) is 0.988. The minimum Gasteiger partial charge on any atom is -0.340 e. The third kappa shape index (κ3) is 3.99. The van der Waals surface area contributed by atoms with Gasteiger partial charge in [-0.15, -0.1) is 11.3 Å². The number of para-hydroxylation sites is 1. The summed E-state index contributed by atoms with van der Waals surface area (Å²) in [4.78, 5) is 35.5. The minimum absolute atomic E-state index is 0.0485. The van der Waals surface area contributed by atoms with E-state index in [9.17, 15) is 9.59 Å². The molecule has 2 heterocycles. The second kappa shape index (κ2) is 7.56. The van der Waals surface area contributed by atoms with Gasteiger partial charge in [0, 0.05) is 39.1 Å². The number of amides is 2. The van der Waals surface area contributed by atoms with E-state index < -0.39 is 0 Å². The van der Waals surface area contributed by atoms with E-state index >= 15 is 0 Å². The summed E-state index contributed by atoms with van der Waals surface area (Å²) in [6.07, 6.45) is 2.10. The maximum absolute atomic E-state index is 12.8. The van der Waals surface area contributed by atoms with E-state index in [1.54, 1.807) is 16.2 Å². The number of benzene rings is 1. The molecule has 4 rings (SSSR count). The lowest BCUT2D eigenvalue weighted by Gasteiger charge is -2.35. The van der Waals surface area contributed by atoms with Crippen molar-refractivity contribution in [1.82, 2.24) is 19.7 Å². The summed E-state index contributed by atoms with van der Waals surface area (Å²) in [6.45, 7) is 5.44. The molecule has 1 aliphatic heterocycles. The zero-order valence-corrected chi connectivity index (χ0v) is 16.7. The molecule has 1 aliphatic carbocycles. The molecule has 144 valence electrons. The van der Waals surface area contributed by atoms with Crippen LogP contribution >= 0.6 is 11.3 Å². The third-order valence-corrected chi connectivity index (χ3v) is 6.82. The van der Waals surface area contributed by atoms with Crippen LogP contribution in [-0.2, 0) is 9.59 Å². The Bertz CT molecular complexity index is 806. The predicted octanol–water partition coefficient (Wildman–Crippen LogP) is 2.37. The lowest BCUT2D eigenvalue weighted by Crippen LogP contribution is -2.51. The highest BCUT2D eigenvalue weighted by molar-refractivity contribution is 7.18. The van der Waals surface area contributed by atoms with Gasteiger partial charge < -0.3 is 9.80 Å². The van der Waals surface area contributed by atoms with Crippen LogP contribution in [0.1, 0.15) is 30.8 Å². The number of hydrogen-bond donors (Lipinski definition) is 0. The molecule has 27 heavy (non-hydrogen) atoms. The van der Waals surface area contributed by atoms with Gasteiger partial charge in [-0.3, -0.25) is 14.5 Å². The van der Waals surface area contributed by atoms with Crippen molar-refractivity contribution in [3.8, 4) is 0 Å². The van der Waals surface area contributed by atoms with Crippen LogP contribution in [0.3, 0.4) is 0 Å². The van der Waals surface area contributed by atoms with Crippen molar-refractivity contribution in [1.29, 1.82) is 0 Å². The summed E-state index contributed by atoms with van der Waals surface area (Å²) in [7, 11) is 1.85. The zero-order valence-electron chi connectivity index (χ0n) is 15.9. The van der Waals surface area contributed by atoms with Gasteiger partial charge in [0.25, 0.3) is 0 Å². The zero-order chi connectivity index (χ0) is 19.0. The Kier molecular flexibility index (Phi) is 5.14. The van der Waals surface area contributed by atoms with Crippen molar-refractivity contribution < 1.29 is 9.59 Å². The number of carbonyl (C=O) groups excluding carboxylic acids is 2. The number of nitrogens with zero attached hydrogens (tertiary/aromatic N) is 4. The highest BCUT2D eigenvalue weighted by Crippen LogP contribution is 2.31. The molecule has 2 aromatic rings. The van der Waals surface area contributed by atoms with Crippen LogP contribution < -0.4 is 0 Å². The SMILES string of the molecule is C[C@H](c1nc2ccccc2s1)N(C)C(=O)CN1CCN(C(=O)C2CC2)CC1. The molecular formula is C20H26N4O2S. The van der Waals surface area contributed by atoms with Gasteiger partial charge in [-0.05, 0) is 31.9 Å². The molecule has 1 aromatic carbocycles. The monoisotopic (exact) mass is 386 g/mol. The number of aromatic nitrogens is 1. The van der Waals surface area contributed by atoms with Crippen LogP contribution in [0.5, 0.6) is 0 Å². The number of hydrogen-bond acceptors (Lipinski definition) is 5. The van der Waals surface area contributed by atoms with E-state index in [2.05, 4.69) is 16.0 Å². The van der Waals surface area contributed by atoms with Crippen molar-refractivity contribution in [3.05, 3.63) is 29.3 Å². The number of thiazole rings is 1. The summed E-state index contributed by atoms with van der Waals surface area (Å²) in [5.74, 6) is 0.685. The molecule has 0 bridgehead atoms. The van der Waals surface area contributed by atoms with Crippen molar-refractivity contribution >= 4 is 33.4 Å². The average molecular weight is 387 g/mol. The predicted molar refractivity (Wildman–Crippen MR) is 107 cm³/mol. The molecular weight excluding hydrogens is 360 g/mol. The number of piperazine rings is 1. The summed E-state index contributed by atoms with van der Waals surface area (Å²) in [5, 5.41) is 0.965. The normalized spacial score (nSPS) is 19.3. The van der Waals surface area contributed by atoms with Crippen LogP contribution in [0.15, 0.2) is 24.3 Å². The summed E-state index contributed by atoms with van der Waals surface area (Å²) in [6, 6.07) is 8.02. The van der Waals surface area contributed by atoms with Crippen molar-refractivity contribution in [2.75, 3.05) is 39.8 Å². The topological polar surface area (TPSA) is 56.8 Å². The lowest BCUT2D eigenvalue weighted by molar-refractivity contribution is -0.136. The fourth-order valence-corrected chi connectivity index (χ4v) is 4.53. The molecule has 2 amide bonds. The molecule has 0 N–H and O–H groups in total. The number of fused-ring (bicyclic) bond motifs is 1. The molecule has 1 saturated carbocycles. The van der Waals surface area contributed by atoms with Gasteiger partial charge in [0.2, 0.25) is 11.8 Å². The first-order valence-corrected chi connectivity index (χ1v) is 10.5. The molecule has 2 aliphatic rings. The Morgan fingerprint density at radius 2 is 1.93 bits per heavy atom. The molecule has 0 spiro atoms. The highest BCUT2D eigenvalue weighted by atomic mass is 32.1. The van der Waals surface area contributed by atoms with Gasteiger partial charge in [0.05, 0.1) is 22.8 Å². The van der Waals surface area contributed by atoms with Gasteiger partial charge in [-0.1, -0.05) is 12.1 Å². The van der Waals surface area contributed by atoms with Crippen molar-refractivity contribution in [2.45, 2.75) is 25.8 Å². The lowest BCUT2D eigenvalue weighted by atomic mass is 10.2. The van der Waals surface area contributed by atoms with Gasteiger partial charge in [0.15, 0.2) is 0 Å². The minimum atomic E-state index is -0.0485. The molecule has 2 fully saturated rings.